The molecule has 0 unspecified atom stereocenters. The van der Waals surface area contributed by atoms with Gasteiger partial charge < -0.3 is 5.32 Å². The molecule has 5 amide bonds. The fourth-order valence-corrected chi connectivity index (χ4v) is 3.74. The first-order valence-electron chi connectivity index (χ1n) is 8.86. The summed E-state index contributed by atoms with van der Waals surface area (Å²) in [7, 11) is 0. The van der Waals surface area contributed by atoms with Crippen molar-refractivity contribution in [2.24, 2.45) is 0 Å². The van der Waals surface area contributed by atoms with E-state index in [1.807, 2.05) is 30.3 Å². The molecule has 1 N–H and O–H groups in total. The topological polar surface area (TPSA) is 104 Å². The fraction of sp³-hybridized carbons (Fsp3) is 0.316. The van der Waals surface area contributed by atoms with Crippen LogP contribution in [0.2, 0.25) is 0 Å². The maximum atomic E-state index is 12.4. The number of carbonyl (C=O) groups is 5. The van der Waals surface area contributed by atoms with Gasteiger partial charge in [0.15, 0.2) is 0 Å². The summed E-state index contributed by atoms with van der Waals surface area (Å²) in [5.41, 5.74) is 0.826. The summed E-state index contributed by atoms with van der Waals surface area (Å²) >= 11 is 0.867. The third-order valence-corrected chi connectivity index (χ3v) is 5.25. The van der Waals surface area contributed by atoms with Gasteiger partial charge in [-0.2, -0.15) is 0 Å². The summed E-state index contributed by atoms with van der Waals surface area (Å²) < 4.78 is 0. The third-order valence-electron chi connectivity index (χ3n) is 4.35. The van der Waals surface area contributed by atoms with Crippen LogP contribution in [-0.2, 0) is 19.2 Å². The van der Waals surface area contributed by atoms with Crippen LogP contribution < -0.4 is 5.32 Å². The smallest absolute Gasteiger partial charge is 0.293 e. The van der Waals surface area contributed by atoms with Gasteiger partial charge in [0, 0.05) is 38.9 Å². The lowest BCUT2D eigenvalue weighted by molar-refractivity contribution is -0.138. The van der Waals surface area contributed by atoms with Crippen molar-refractivity contribution < 1.29 is 24.0 Å². The second-order valence-electron chi connectivity index (χ2n) is 6.28. The standard InChI is InChI=1S/C19H19N3O5S/c23-15(8-10-21-16(24)6-7-17(21)25)20-9-11-22-18(26)14(28-19(22)27)12-13-4-2-1-3-5-13/h1-5,12H,6-11H2,(H,20,23)/b14-12-. The summed E-state index contributed by atoms with van der Waals surface area (Å²) in [6.07, 6.45) is 2.03. The van der Waals surface area contributed by atoms with Gasteiger partial charge in [-0.3, -0.25) is 33.8 Å². The van der Waals surface area contributed by atoms with Crippen LogP contribution in [0.1, 0.15) is 24.8 Å². The van der Waals surface area contributed by atoms with E-state index in [9.17, 15) is 24.0 Å². The average Bonchev–Trinajstić information content (AvgIpc) is 3.13. The molecule has 0 aliphatic carbocycles. The molecule has 0 radical (unpaired) electrons. The molecule has 2 aliphatic heterocycles. The first-order chi connectivity index (χ1) is 13.5. The summed E-state index contributed by atoms with van der Waals surface area (Å²) in [6, 6.07) is 9.22. The predicted molar refractivity (Wildman–Crippen MR) is 103 cm³/mol. The average molecular weight is 401 g/mol. The van der Waals surface area contributed by atoms with Gasteiger partial charge in [-0.05, 0) is 23.4 Å². The zero-order valence-corrected chi connectivity index (χ0v) is 15.9. The van der Waals surface area contributed by atoms with E-state index in [2.05, 4.69) is 5.32 Å². The van der Waals surface area contributed by atoms with Crippen molar-refractivity contribution in [1.29, 1.82) is 0 Å². The molecule has 0 aromatic heterocycles. The minimum Gasteiger partial charge on any atom is -0.354 e. The van der Waals surface area contributed by atoms with E-state index < -0.39 is 0 Å². The first kappa shape index (κ1) is 19.8. The molecule has 0 bridgehead atoms. The third kappa shape index (κ3) is 4.66. The predicted octanol–water partition coefficient (Wildman–Crippen LogP) is 1.38. The van der Waals surface area contributed by atoms with Gasteiger partial charge in [0.05, 0.1) is 4.91 Å². The second-order valence-corrected chi connectivity index (χ2v) is 7.28. The summed E-state index contributed by atoms with van der Waals surface area (Å²) in [5, 5.41) is 2.23. The normalized spacial score (nSPS) is 18.5. The number of nitrogens with one attached hydrogen (secondary N) is 1. The molecule has 28 heavy (non-hydrogen) atoms. The molecule has 9 heteroatoms. The number of nitrogens with zero attached hydrogens (tertiary/aromatic N) is 2. The van der Waals surface area contributed by atoms with Crippen molar-refractivity contribution in [1.82, 2.24) is 15.1 Å². The Bertz CT molecular complexity index is 836. The lowest BCUT2D eigenvalue weighted by atomic mass is 10.2. The highest BCUT2D eigenvalue weighted by atomic mass is 32.2. The lowest BCUT2D eigenvalue weighted by Gasteiger charge is -2.15. The summed E-state index contributed by atoms with van der Waals surface area (Å²) in [5.74, 6) is -1.26. The number of thioether (sulfide) groups is 1. The van der Waals surface area contributed by atoms with Crippen molar-refractivity contribution in [3.63, 3.8) is 0 Å². The molecule has 146 valence electrons. The Kier molecular flexibility index (Phi) is 6.25. The molecular weight excluding hydrogens is 382 g/mol. The molecule has 2 heterocycles. The number of imide groups is 2. The van der Waals surface area contributed by atoms with Crippen molar-refractivity contribution in [3.8, 4) is 0 Å². The van der Waals surface area contributed by atoms with E-state index in [0.717, 1.165) is 27.1 Å². The molecule has 2 aliphatic rings. The zero-order chi connectivity index (χ0) is 20.1. The Hall–Kier alpha value is -2.94. The van der Waals surface area contributed by atoms with Crippen molar-refractivity contribution in [2.75, 3.05) is 19.6 Å². The molecule has 0 spiro atoms. The van der Waals surface area contributed by atoms with Crippen LogP contribution in [0.15, 0.2) is 35.2 Å². The number of likely N-dealkylation sites (tertiary alicyclic amines) is 1. The van der Waals surface area contributed by atoms with Crippen LogP contribution in [0.4, 0.5) is 4.79 Å². The van der Waals surface area contributed by atoms with Gasteiger partial charge in [0.1, 0.15) is 0 Å². The van der Waals surface area contributed by atoms with Gasteiger partial charge >= 0.3 is 0 Å². The molecule has 8 nitrogen and oxygen atoms in total. The van der Waals surface area contributed by atoms with Gasteiger partial charge in [-0.1, -0.05) is 30.3 Å². The SMILES string of the molecule is O=C(CCN1C(=O)CCC1=O)NCCN1C(=O)S/C(=C\c2ccccc2)C1=O. The van der Waals surface area contributed by atoms with Crippen LogP contribution in [-0.4, -0.2) is 58.3 Å². The number of carbonyl (C=O) groups excluding carboxylic acids is 5. The van der Waals surface area contributed by atoms with E-state index >= 15 is 0 Å². The fourth-order valence-electron chi connectivity index (χ4n) is 2.87. The molecule has 2 fully saturated rings. The largest absolute Gasteiger partial charge is 0.354 e. The molecule has 1 aromatic carbocycles. The molecule has 2 saturated heterocycles. The first-order valence-corrected chi connectivity index (χ1v) is 9.67. The van der Waals surface area contributed by atoms with E-state index in [4.69, 9.17) is 0 Å². The maximum absolute atomic E-state index is 12.4. The Morgan fingerprint density at radius 3 is 2.36 bits per heavy atom. The van der Waals surface area contributed by atoms with E-state index in [1.54, 1.807) is 6.08 Å². The minimum absolute atomic E-state index is 0.00666. The molecular formula is C19H19N3O5S. The Balaban J connectivity index is 1.45. The van der Waals surface area contributed by atoms with Crippen LogP contribution in [0, 0.1) is 0 Å². The molecule has 3 rings (SSSR count). The van der Waals surface area contributed by atoms with Crippen molar-refractivity contribution >= 4 is 46.7 Å². The van der Waals surface area contributed by atoms with E-state index in [1.165, 1.54) is 0 Å². The van der Waals surface area contributed by atoms with E-state index in [-0.39, 0.29) is 67.8 Å². The van der Waals surface area contributed by atoms with Crippen LogP contribution >= 0.6 is 11.8 Å². The Morgan fingerprint density at radius 2 is 1.68 bits per heavy atom. The number of hydrogen-bond acceptors (Lipinski definition) is 6. The lowest BCUT2D eigenvalue weighted by Crippen LogP contribution is -2.39. The van der Waals surface area contributed by atoms with Gasteiger partial charge in [-0.15, -0.1) is 0 Å². The quantitative estimate of drug-likeness (QED) is 0.547. The minimum atomic E-state index is -0.388. The number of benzene rings is 1. The zero-order valence-electron chi connectivity index (χ0n) is 15.1. The van der Waals surface area contributed by atoms with Crippen molar-refractivity contribution in [3.05, 3.63) is 40.8 Å². The van der Waals surface area contributed by atoms with Gasteiger partial charge in [0.25, 0.3) is 11.1 Å². The summed E-state index contributed by atoms with van der Waals surface area (Å²) in [6.45, 7) is 0.215. The van der Waals surface area contributed by atoms with E-state index in [0.29, 0.717) is 4.91 Å². The molecule has 0 saturated carbocycles. The monoisotopic (exact) mass is 401 g/mol. The van der Waals surface area contributed by atoms with Gasteiger partial charge in [-0.25, -0.2) is 0 Å². The summed E-state index contributed by atoms with van der Waals surface area (Å²) in [4.78, 5) is 61.9. The molecule has 1 aromatic rings. The Morgan fingerprint density at radius 1 is 1.00 bits per heavy atom. The van der Waals surface area contributed by atoms with Gasteiger partial charge in [0.2, 0.25) is 17.7 Å². The van der Waals surface area contributed by atoms with Crippen LogP contribution in [0.3, 0.4) is 0 Å². The maximum Gasteiger partial charge on any atom is 0.293 e. The second kappa shape index (κ2) is 8.83. The van der Waals surface area contributed by atoms with Crippen LogP contribution in [0.25, 0.3) is 6.08 Å². The number of rotatable bonds is 7. The molecule has 0 atom stereocenters. The highest BCUT2D eigenvalue weighted by Crippen LogP contribution is 2.31. The Labute approximate surface area is 165 Å². The van der Waals surface area contributed by atoms with Crippen LogP contribution in [0.5, 0.6) is 0 Å². The number of amides is 5. The van der Waals surface area contributed by atoms with Crippen molar-refractivity contribution in [2.45, 2.75) is 19.3 Å². The highest BCUT2D eigenvalue weighted by Gasteiger charge is 2.34. The highest BCUT2D eigenvalue weighted by molar-refractivity contribution is 8.18. The number of hydrogen-bond donors (Lipinski definition) is 1.